The molecule has 7 heteroatoms. The third-order valence-corrected chi connectivity index (χ3v) is 3.67. The van der Waals surface area contributed by atoms with Crippen LogP contribution in [-0.2, 0) is 0 Å². The monoisotopic (exact) mass is 319 g/mol. The van der Waals surface area contributed by atoms with E-state index in [1.807, 2.05) is 30.3 Å². The van der Waals surface area contributed by atoms with Gasteiger partial charge in [-0.1, -0.05) is 30.3 Å². The average Bonchev–Trinajstić information content (AvgIpc) is 3.21. The molecule has 4 rings (SSSR count). The molecule has 24 heavy (non-hydrogen) atoms. The smallest absolute Gasteiger partial charge is 0.321 e. The van der Waals surface area contributed by atoms with Crippen LogP contribution >= 0.6 is 0 Å². The Morgan fingerprint density at radius 3 is 2.58 bits per heavy atom. The Kier molecular flexibility index (Phi) is 3.24. The van der Waals surface area contributed by atoms with Gasteiger partial charge in [0.2, 0.25) is 0 Å². The molecule has 4 aromatic rings. The number of aromatic nitrogens is 4. The van der Waals surface area contributed by atoms with E-state index in [2.05, 4.69) is 25.5 Å². The summed E-state index contributed by atoms with van der Waals surface area (Å²) in [6, 6.07) is 16.4. The summed E-state index contributed by atoms with van der Waals surface area (Å²) in [6.45, 7) is 0. The fraction of sp³-hybridized carbons (Fsp3) is 0. The second-order valence-corrected chi connectivity index (χ2v) is 5.33. The zero-order valence-electron chi connectivity index (χ0n) is 12.5. The van der Waals surface area contributed by atoms with Gasteiger partial charge in [-0.3, -0.25) is 9.89 Å². The standard InChI is InChI=1S/C17H13N5O2/c23-16(15-9-13(21-22-15)10-4-2-1-3-5-10)18-11-6-7-12-14(8-11)20-17(24)19-12/h1-9H,(H,18,23)(H,21,22)(H2,19,20,24). The third-order valence-electron chi connectivity index (χ3n) is 3.67. The second kappa shape index (κ2) is 5.54. The van der Waals surface area contributed by atoms with Crippen LogP contribution in [0.25, 0.3) is 22.3 Å². The average molecular weight is 319 g/mol. The summed E-state index contributed by atoms with van der Waals surface area (Å²) in [7, 11) is 0. The summed E-state index contributed by atoms with van der Waals surface area (Å²) >= 11 is 0. The molecule has 118 valence electrons. The minimum Gasteiger partial charge on any atom is -0.321 e. The van der Waals surface area contributed by atoms with E-state index in [4.69, 9.17) is 0 Å². The zero-order chi connectivity index (χ0) is 16.5. The Morgan fingerprint density at radius 2 is 1.75 bits per heavy atom. The van der Waals surface area contributed by atoms with Gasteiger partial charge in [-0.2, -0.15) is 5.10 Å². The van der Waals surface area contributed by atoms with Crippen molar-refractivity contribution in [1.29, 1.82) is 0 Å². The van der Waals surface area contributed by atoms with Gasteiger partial charge < -0.3 is 15.3 Å². The highest BCUT2D eigenvalue weighted by Gasteiger charge is 2.11. The molecule has 2 aromatic heterocycles. The number of carbonyl (C=O) groups is 1. The number of imidazole rings is 1. The highest BCUT2D eigenvalue weighted by molar-refractivity contribution is 6.04. The fourth-order valence-electron chi connectivity index (χ4n) is 2.50. The van der Waals surface area contributed by atoms with E-state index >= 15 is 0 Å². The van der Waals surface area contributed by atoms with Crippen molar-refractivity contribution in [2.75, 3.05) is 5.32 Å². The van der Waals surface area contributed by atoms with Crippen LogP contribution in [0.15, 0.2) is 59.4 Å². The quantitative estimate of drug-likeness (QED) is 0.466. The topological polar surface area (TPSA) is 106 Å². The van der Waals surface area contributed by atoms with Crippen molar-refractivity contribution in [3.05, 3.63) is 70.8 Å². The molecule has 4 N–H and O–H groups in total. The molecule has 0 aliphatic heterocycles. The van der Waals surface area contributed by atoms with Gasteiger partial charge in [0.15, 0.2) is 0 Å². The Bertz CT molecular complexity index is 1080. The van der Waals surface area contributed by atoms with Crippen molar-refractivity contribution in [1.82, 2.24) is 20.2 Å². The molecule has 0 radical (unpaired) electrons. The van der Waals surface area contributed by atoms with Crippen molar-refractivity contribution >= 4 is 22.6 Å². The van der Waals surface area contributed by atoms with Crippen molar-refractivity contribution in [2.24, 2.45) is 0 Å². The highest BCUT2D eigenvalue weighted by Crippen LogP contribution is 2.19. The minimum atomic E-state index is -0.304. The Balaban J connectivity index is 1.57. The predicted octanol–water partition coefficient (Wildman–Crippen LogP) is 2.50. The third kappa shape index (κ3) is 2.58. The molecule has 7 nitrogen and oxygen atoms in total. The van der Waals surface area contributed by atoms with Crippen LogP contribution in [0.3, 0.4) is 0 Å². The largest absolute Gasteiger partial charge is 0.323 e. The van der Waals surface area contributed by atoms with Crippen LogP contribution in [-0.4, -0.2) is 26.1 Å². The van der Waals surface area contributed by atoms with Crippen molar-refractivity contribution in [2.45, 2.75) is 0 Å². The van der Waals surface area contributed by atoms with E-state index in [1.54, 1.807) is 24.3 Å². The van der Waals surface area contributed by atoms with Gasteiger partial charge in [0, 0.05) is 11.3 Å². The molecule has 0 spiro atoms. The maximum Gasteiger partial charge on any atom is 0.323 e. The van der Waals surface area contributed by atoms with Crippen LogP contribution in [0.5, 0.6) is 0 Å². The van der Waals surface area contributed by atoms with Crippen molar-refractivity contribution in [3.63, 3.8) is 0 Å². The number of amides is 1. The van der Waals surface area contributed by atoms with Gasteiger partial charge in [-0.25, -0.2) is 4.79 Å². The first-order valence-corrected chi connectivity index (χ1v) is 7.33. The number of aromatic amines is 3. The van der Waals surface area contributed by atoms with Gasteiger partial charge in [-0.15, -0.1) is 0 Å². The number of anilines is 1. The summed E-state index contributed by atoms with van der Waals surface area (Å²) in [5.41, 5.74) is 3.60. The molecule has 1 amide bonds. The van der Waals surface area contributed by atoms with E-state index in [-0.39, 0.29) is 11.6 Å². The van der Waals surface area contributed by atoms with E-state index in [0.29, 0.717) is 28.1 Å². The SMILES string of the molecule is O=C(Nc1ccc2[nH]c(=O)[nH]c2c1)c1cc(-c2ccccc2)n[nH]1. The Hall–Kier alpha value is -3.61. The van der Waals surface area contributed by atoms with Gasteiger partial charge >= 0.3 is 5.69 Å². The lowest BCUT2D eigenvalue weighted by Crippen LogP contribution is -2.12. The Labute approximate surface area is 135 Å². The number of hydrogen-bond acceptors (Lipinski definition) is 3. The molecule has 0 atom stereocenters. The van der Waals surface area contributed by atoms with Gasteiger partial charge in [-0.05, 0) is 24.3 Å². The number of carbonyl (C=O) groups excluding carboxylic acids is 1. The zero-order valence-corrected chi connectivity index (χ0v) is 12.5. The van der Waals surface area contributed by atoms with Gasteiger partial charge in [0.25, 0.3) is 5.91 Å². The summed E-state index contributed by atoms with van der Waals surface area (Å²) < 4.78 is 0. The lowest BCUT2D eigenvalue weighted by molar-refractivity contribution is 0.102. The molecule has 0 unspecified atom stereocenters. The molecule has 0 saturated heterocycles. The summed E-state index contributed by atoms with van der Waals surface area (Å²) in [5.74, 6) is -0.304. The first-order valence-electron chi connectivity index (χ1n) is 7.33. The minimum absolute atomic E-state index is 0.283. The lowest BCUT2D eigenvalue weighted by Gasteiger charge is -2.03. The Morgan fingerprint density at radius 1 is 0.958 bits per heavy atom. The molecular weight excluding hydrogens is 306 g/mol. The number of H-pyrrole nitrogens is 3. The second-order valence-electron chi connectivity index (χ2n) is 5.33. The number of hydrogen-bond donors (Lipinski definition) is 4. The predicted molar refractivity (Wildman–Crippen MR) is 90.9 cm³/mol. The summed E-state index contributed by atoms with van der Waals surface area (Å²) in [4.78, 5) is 28.9. The van der Waals surface area contributed by atoms with Crippen molar-refractivity contribution in [3.8, 4) is 11.3 Å². The maximum atomic E-state index is 12.3. The van der Waals surface area contributed by atoms with Crippen LogP contribution in [0.4, 0.5) is 5.69 Å². The molecule has 0 aliphatic carbocycles. The van der Waals surface area contributed by atoms with Crippen LogP contribution in [0.1, 0.15) is 10.5 Å². The molecule has 2 heterocycles. The number of benzene rings is 2. The first-order chi connectivity index (χ1) is 11.7. The van der Waals surface area contributed by atoms with Crippen LogP contribution in [0, 0.1) is 0 Å². The lowest BCUT2D eigenvalue weighted by atomic mass is 10.1. The van der Waals surface area contributed by atoms with E-state index in [9.17, 15) is 9.59 Å². The first kappa shape index (κ1) is 14.0. The van der Waals surface area contributed by atoms with Crippen LogP contribution in [0.2, 0.25) is 0 Å². The number of nitrogens with one attached hydrogen (secondary N) is 4. The molecule has 0 saturated carbocycles. The maximum absolute atomic E-state index is 12.3. The highest BCUT2D eigenvalue weighted by atomic mass is 16.2. The molecule has 0 bridgehead atoms. The molecular formula is C17H13N5O2. The summed E-state index contributed by atoms with van der Waals surface area (Å²) in [5, 5.41) is 9.68. The molecule has 0 fully saturated rings. The number of nitrogens with zero attached hydrogens (tertiary/aromatic N) is 1. The van der Waals surface area contributed by atoms with E-state index < -0.39 is 0 Å². The van der Waals surface area contributed by atoms with Crippen molar-refractivity contribution < 1.29 is 4.79 Å². The number of rotatable bonds is 3. The normalized spacial score (nSPS) is 10.8. The molecule has 0 aliphatic rings. The molecule has 2 aromatic carbocycles. The van der Waals surface area contributed by atoms with Crippen LogP contribution < -0.4 is 11.0 Å². The fourth-order valence-corrected chi connectivity index (χ4v) is 2.50. The summed E-state index contributed by atoms with van der Waals surface area (Å²) in [6.07, 6.45) is 0. The van der Waals surface area contributed by atoms with E-state index in [1.165, 1.54) is 0 Å². The van der Waals surface area contributed by atoms with E-state index in [0.717, 1.165) is 5.56 Å². The number of fused-ring (bicyclic) bond motifs is 1. The van der Waals surface area contributed by atoms with Gasteiger partial charge in [0.05, 0.1) is 16.7 Å². The van der Waals surface area contributed by atoms with Gasteiger partial charge in [0.1, 0.15) is 5.69 Å².